The van der Waals surface area contributed by atoms with Crippen LogP contribution in [0.4, 0.5) is 5.69 Å². The summed E-state index contributed by atoms with van der Waals surface area (Å²) in [6.07, 6.45) is 4.49. The molecule has 0 spiro atoms. The van der Waals surface area contributed by atoms with Gasteiger partial charge in [-0.1, -0.05) is 6.92 Å². The van der Waals surface area contributed by atoms with Crippen LogP contribution in [0.3, 0.4) is 0 Å². The van der Waals surface area contributed by atoms with E-state index >= 15 is 0 Å². The first kappa shape index (κ1) is 14.6. The van der Waals surface area contributed by atoms with E-state index in [2.05, 4.69) is 17.2 Å². The number of nitrogen functional groups attached to an aromatic ring is 1. The number of nitrogens with zero attached hydrogens (tertiary/aromatic N) is 2. The summed E-state index contributed by atoms with van der Waals surface area (Å²) in [5.41, 5.74) is 6.49. The molecular weight excluding hydrogens is 272 g/mol. The first-order chi connectivity index (χ1) is 9.44. The van der Waals surface area contributed by atoms with Crippen molar-refractivity contribution < 1.29 is 4.79 Å². The molecule has 0 aliphatic heterocycles. The Morgan fingerprint density at radius 2 is 2.30 bits per heavy atom. The lowest BCUT2D eigenvalue weighted by Crippen LogP contribution is -2.41. The average Bonchev–Trinajstić information content (AvgIpc) is 2.98. The van der Waals surface area contributed by atoms with Crippen LogP contribution in [0.25, 0.3) is 0 Å². The quantitative estimate of drug-likeness (QED) is 0.889. The normalized spacial score (nSPS) is 11.6. The van der Waals surface area contributed by atoms with Crippen molar-refractivity contribution in [3.63, 3.8) is 0 Å². The molecule has 0 radical (unpaired) electrons. The maximum atomic E-state index is 12.5. The Balaban J connectivity index is 2.20. The molecule has 0 saturated heterocycles. The molecule has 108 valence electrons. The third kappa shape index (κ3) is 3.01. The molecule has 6 heteroatoms. The topological polar surface area (TPSA) is 72.9 Å². The van der Waals surface area contributed by atoms with E-state index in [1.807, 2.05) is 23.8 Å². The van der Waals surface area contributed by atoms with Gasteiger partial charge >= 0.3 is 0 Å². The third-order valence-corrected chi connectivity index (χ3v) is 4.10. The van der Waals surface area contributed by atoms with Crippen LogP contribution < -0.4 is 11.1 Å². The zero-order valence-corrected chi connectivity index (χ0v) is 12.8. The van der Waals surface area contributed by atoms with Gasteiger partial charge in [-0.2, -0.15) is 0 Å². The molecule has 0 bridgehead atoms. The van der Waals surface area contributed by atoms with Crippen LogP contribution in [-0.4, -0.2) is 15.5 Å². The smallest absolute Gasteiger partial charge is 0.268 e. The average molecular weight is 292 g/mol. The fourth-order valence-electron chi connectivity index (χ4n) is 2.08. The molecule has 20 heavy (non-hydrogen) atoms. The van der Waals surface area contributed by atoms with E-state index in [1.54, 1.807) is 18.5 Å². The van der Waals surface area contributed by atoms with Gasteiger partial charge in [0.05, 0.1) is 11.2 Å². The molecule has 0 aromatic carbocycles. The zero-order valence-electron chi connectivity index (χ0n) is 12.0. The van der Waals surface area contributed by atoms with E-state index in [0.29, 0.717) is 11.4 Å². The third-order valence-electron chi connectivity index (χ3n) is 3.01. The Morgan fingerprint density at radius 3 is 2.90 bits per heavy atom. The number of amides is 1. The van der Waals surface area contributed by atoms with Crippen LogP contribution in [0.5, 0.6) is 0 Å². The standard InChI is InChI=1S/C14H20N4OS/c1-4-6-18-9-10(15)8-11(18)12(19)17-14(2,3)13-16-5-7-20-13/h5,7-9H,4,6,15H2,1-3H3,(H,17,19). The van der Waals surface area contributed by atoms with E-state index in [0.717, 1.165) is 18.0 Å². The molecule has 2 rings (SSSR count). The van der Waals surface area contributed by atoms with E-state index in [9.17, 15) is 4.79 Å². The highest BCUT2D eigenvalue weighted by molar-refractivity contribution is 7.09. The second-order valence-corrected chi connectivity index (χ2v) is 6.16. The van der Waals surface area contributed by atoms with Gasteiger partial charge in [0.25, 0.3) is 5.91 Å². The number of anilines is 1. The number of carbonyl (C=O) groups excluding carboxylic acids is 1. The van der Waals surface area contributed by atoms with Crippen molar-refractivity contribution in [3.8, 4) is 0 Å². The summed E-state index contributed by atoms with van der Waals surface area (Å²) in [5.74, 6) is -0.129. The molecule has 2 heterocycles. The minimum Gasteiger partial charge on any atom is -0.397 e. The minimum absolute atomic E-state index is 0.129. The number of carbonyl (C=O) groups is 1. The molecule has 0 saturated carbocycles. The van der Waals surface area contributed by atoms with Gasteiger partial charge in [-0.15, -0.1) is 11.3 Å². The molecule has 1 amide bonds. The van der Waals surface area contributed by atoms with Gasteiger partial charge in [-0.05, 0) is 26.3 Å². The first-order valence-corrected chi connectivity index (χ1v) is 7.50. The van der Waals surface area contributed by atoms with Crippen molar-refractivity contribution in [3.05, 3.63) is 34.5 Å². The molecule has 0 aliphatic carbocycles. The van der Waals surface area contributed by atoms with Gasteiger partial charge < -0.3 is 15.6 Å². The lowest BCUT2D eigenvalue weighted by molar-refractivity contribution is 0.0902. The van der Waals surface area contributed by atoms with E-state index in [-0.39, 0.29) is 5.91 Å². The van der Waals surface area contributed by atoms with Gasteiger partial charge in [0.15, 0.2) is 0 Å². The molecule has 3 N–H and O–H groups in total. The molecule has 2 aromatic heterocycles. The lowest BCUT2D eigenvalue weighted by Gasteiger charge is -2.24. The predicted octanol–water partition coefficient (Wildman–Crippen LogP) is 2.60. The van der Waals surface area contributed by atoms with Crippen molar-refractivity contribution in [2.75, 3.05) is 5.73 Å². The minimum atomic E-state index is -0.499. The Hall–Kier alpha value is -1.82. The summed E-state index contributed by atoms with van der Waals surface area (Å²) in [5, 5.41) is 5.81. The Bertz CT molecular complexity index is 586. The molecule has 2 aromatic rings. The van der Waals surface area contributed by atoms with Crippen LogP contribution in [-0.2, 0) is 12.1 Å². The highest BCUT2D eigenvalue weighted by Crippen LogP contribution is 2.23. The van der Waals surface area contributed by atoms with Gasteiger partial charge in [0.1, 0.15) is 10.7 Å². The summed E-state index contributed by atoms with van der Waals surface area (Å²) in [4.78, 5) is 16.7. The Labute approximate surface area is 122 Å². The summed E-state index contributed by atoms with van der Waals surface area (Å²) in [6.45, 7) is 6.73. The number of hydrogen-bond donors (Lipinski definition) is 2. The number of aryl methyl sites for hydroxylation is 1. The van der Waals surface area contributed by atoms with E-state index < -0.39 is 5.54 Å². The predicted molar refractivity (Wildman–Crippen MR) is 81.7 cm³/mol. The highest BCUT2D eigenvalue weighted by atomic mass is 32.1. The monoisotopic (exact) mass is 292 g/mol. The van der Waals surface area contributed by atoms with Gasteiger partial charge in [-0.3, -0.25) is 4.79 Å². The van der Waals surface area contributed by atoms with Crippen LogP contribution in [0, 0.1) is 0 Å². The maximum absolute atomic E-state index is 12.5. The zero-order chi connectivity index (χ0) is 14.8. The van der Waals surface area contributed by atoms with Crippen LogP contribution in [0.15, 0.2) is 23.8 Å². The molecular formula is C14H20N4OS. The van der Waals surface area contributed by atoms with Crippen LogP contribution >= 0.6 is 11.3 Å². The summed E-state index contributed by atoms with van der Waals surface area (Å²) < 4.78 is 1.89. The molecule has 5 nitrogen and oxygen atoms in total. The summed E-state index contributed by atoms with van der Waals surface area (Å²) >= 11 is 1.53. The van der Waals surface area contributed by atoms with Gasteiger partial charge in [0.2, 0.25) is 0 Å². The summed E-state index contributed by atoms with van der Waals surface area (Å²) in [7, 11) is 0. The Morgan fingerprint density at radius 1 is 1.55 bits per heavy atom. The molecule has 0 unspecified atom stereocenters. The van der Waals surface area contributed by atoms with Crippen molar-refractivity contribution in [2.24, 2.45) is 0 Å². The number of thiazole rings is 1. The highest BCUT2D eigenvalue weighted by Gasteiger charge is 2.27. The fraction of sp³-hybridized carbons (Fsp3) is 0.429. The fourth-order valence-corrected chi connectivity index (χ4v) is 2.80. The van der Waals surface area contributed by atoms with Crippen molar-refractivity contribution in [1.82, 2.24) is 14.9 Å². The van der Waals surface area contributed by atoms with Crippen LogP contribution in [0.1, 0.15) is 42.7 Å². The molecule has 0 aliphatic rings. The number of aromatic nitrogens is 2. The van der Waals surface area contributed by atoms with Crippen molar-refractivity contribution in [1.29, 1.82) is 0 Å². The first-order valence-electron chi connectivity index (χ1n) is 6.62. The van der Waals surface area contributed by atoms with E-state index in [1.165, 1.54) is 11.3 Å². The second kappa shape index (κ2) is 5.66. The molecule has 0 fully saturated rings. The number of nitrogens with two attached hydrogens (primary N) is 1. The lowest BCUT2D eigenvalue weighted by atomic mass is 10.1. The maximum Gasteiger partial charge on any atom is 0.268 e. The van der Waals surface area contributed by atoms with Crippen molar-refractivity contribution in [2.45, 2.75) is 39.3 Å². The second-order valence-electron chi connectivity index (χ2n) is 5.27. The van der Waals surface area contributed by atoms with Crippen molar-refractivity contribution >= 4 is 22.9 Å². The SMILES string of the molecule is CCCn1cc(N)cc1C(=O)NC(C)(C)c1nccs1. The largest absolute Gasteiger partial charge is 0.397 e. The summed E-state index contributed by atoms with van der Waals surface area (Å²) in [6, 6.07) is 1.71. The van der Waals surface area contributed by atoms with Crippen LogP contribution in [0.2, 0.25) is 0 Å². The number of nitrogens with one attached hydrogen (secondary N) is 1. The van der Waals surface area contributed by atoms with Gasteiger partial charge in [-0.25, -0.2) is 4.98 Å². The molecule has 0 atom stereocenters. The number of rotatable bonds is 5. The van der Waals surface area contributed by atoms with Gasteiger partial charge in [0, 0.05) is 24.3 Å². The van der Waals surface area contributed by atoms with E-state index in [4.69, 9.17) is 5.73 Å². The Kier molecular flexibility index (Phi) is 4.13. The number of hydrogen-bond acceptors (Lipinski definition) is 4.